The molecule has 21 heavy (non-hydrogen) atoms. The molecule has 1 amide bonds. The monoisotopic (exact) mass is 306 g/mol. The molecule has 1 saturated heterocycles. The molecule has 0 bridgehead atoms. The highest BCUT2D eigenvalue weighted by atomic mass is 32.1. The van der Waals surface area contributed by atoms with Gasteiger partial charge in [0.1, 0.15) is 0 Å². The number of rotatable bonds is 4. The van der Waals surface area contributed by atoms with Gasteiger partial charge in [-0.25, -0.2) is 0 Å². The van der Waals surface area contributed by atoms with Gasteiger partial charge in [0.25, 0.3) is 0 Å². The smallest absolute Gasteiger partial charge is 0.224 e. The van der Waals surface area contributed by atoms with E-state index in [2.05, 4.69) is 27.0 Å². The first-order valence-corrected chi connectivity index (χ1v) is 9.19. The minimum Gasteiger partial charge on any atom is -0.336 e. The van der Waals surface area contributed by atoms with Crippen molar-refractivity contribution in [3.8, 4) is 0 Å². The van der Waals surface area contributed by atoms with Crippen LogP contribution in [0.4, 0.5) is 0 Å². The summed E-state index contributed by atoms with van der Waals surface area (Å²) in [6, 6.07) is 2.50. The lowest BCUT2D eigenvalue weighted by Gasteiger charge is -2.38. The summed E-state index contributed by atoms with van der Waals surface area (Å²) in [6.45, 7) is 0.930. The molecule has 2 fully saturated rings. The van der Waals surface area contributed by atoms with E-state index in [9.17, 15) is 4.79 Å². The molecule has 1 N–H and O–H groups in total. The van der Waals surface area contributed by atoms with Crippen LogP contribution in [0.3, 0.4) is 0 Å². The summed E-state index contributed by atoms with van der Waals surface area (Å²) >= 11 is 1.73. The number of hydrogen-bond acceptors (Lipinski definition) is 3. The fourth-order valence-corrected chi connectivity index (χ4v) is 4.72. The van der Waals surface area contributed by atoms with E-state index in [4.69, 9.17) is 0 Å². The molecule has 1 unspecified atom stereocenters. The van der Waals surface area contributed by atoms with Crippen molar-refractivity contribution in [1.29, 1.82) is 0 Å². The van der Waals surface area contributed by atoms with Crippen LogP contribution >= 0.6 is 11.3 Å². The van der Waals surface area contributed by atoms with E-state index >= 15 is 0 Å². The van der Waals surface area contributed by atoms with Crippen LogP contribution in [0.1, 0.15) is 63.0 Å². The second kappa shape index (κ2) is 6.49. The van der Waals surface area contributed by atoms with Crippen LogP contribution < -0.4 is 5.32 Å². The highest BCUT2D eigenvalue weighted by Crippen LogP contribution is 2.36. The Hall–Kier alpha value is -0.870. The van der Waals surface area contributed by atoms with Gasteiger partial charge >= 0.3 is 0 Å². The second-order valence-corrected chi connectivity index (χ2v) is 7.35. The van der Waals surface area contributed by atoms with Crippen LogP contribution in [-0.4, -0.2) is 29.9 Å². The zero-order chi connectivity index (χ0) is 14.7. The Labute approximate surface area is 131 Å². The molecule has 1 aromatic rings. The quantitative estimate of drug-likeness (QED) is 0.919. The van der Waals surface area contributed by atoms with Gasteiger partial charge in [0.2, 0.25) is 5.91 Å². The number of hydrogen-bond donors (Lipinski definition) is 1. The van der Waals surface area contributed by atoms with E-state index in [1.807, 2.05) is 7.05 Å². The van der Waals surface area contributed by atoms with Gasteiger partial charge in [-0.15, -0.1) is 0 Å². The Balaban J connectivity index is 1.69. The molecule has 1 saturated carbocycles. The fraction of sp³-hybridized carbons (Fsp3) is 0.706. The van der Waals surface area contributed by atoms with Crippen LogP contribution in [0.2, 0.25) is 0 Å². The van der Waals surface area contributed by atoms with Gasteiger partial charge < -0.3 is 10.2 Å². The molecule has 4 heteroatoms. The van der Waals surface area contributed by atoms with Gasteiger partial charge in [-0.05, 0) is 55.1 Å². The van der Waals surface area contributed by atoms with Gasteiger partial charge in [-0.1, -0.05) is 19.3 Å². The van der Waals surface area contributed by atoms with Crippen molar-refractivity contribution in [3.05, 3.63) is 22.4 Å². The topological polar surface area (TPSA) is 32.3 Å². The predicted molar refractivity (Wildman–Crippen MR) is 87.5 cm³/mol. The molecule has 3 nitrogen and oxygen atoms in total. The van der Waals surface area contributed by atoms with Crippen molar-refractivity contribution in [2.75, 3.05) is 13.6 Å². The maximum absolute atomic E-state index is 12.9. The molecule has 2 aliphatic rings. The molecule has 116 valence electrons. The molecular formula is C17H26N2OS. The van der Waals surface area contributed by atoms with E-state index in [0.29, 0.717) is 18.4 Å². The Morgan fingerprint density at radius 2 is 2.19 bits per heavy atom. The first kappa shape index (κ1) is 15.0. The van der Waals surface area contributed by atoms with Crippen LogP contribution in [0.25, 0.3) is 0 Å². The highest BCUT2D eigenvalue weighted by molar-refractivity contribution is 7.07. The molecule has 1 aromatic heterocycles. The maximum Gasteiger partial charge on any atom is 0.224 e. The first-order valence-electron chi connectivity index (χ1n) is 8.25. The Kier molecular flexibility index (Phi) is 4.65. The van der Waals surface area contributed by atoms with Crippen molar-refractivity contribution < 1.29 is 4.79 Å². The van der Waals surface area contributed by atoms with Crippen LogP contribution in [-0.2, 0) is 4.79 Å². The maximum atomic E-state index is 12.9. The zero-order valence-corrected chi connectivity index (χ0v) is 13.8. The van der Waals surface area contributed by atoms with E-state index < -0.39 is 0 Å². The van der Waals surface area contributed by atoms with Crippen LogP contribution in [0.15, 0.2) is 16.8 Å². The summed E-state index contributed by atoms with van der Waals surface area (Å²) in [5.74, 6) is 0.347. The van der Waals surface area contributed by atoms with Crippen molar-refractivity contribution >= 4 is 17.2 Å². The normalized spacial score (nSPS) is 25.2. The van der Waals surface area contributed by atoms with E-state index in [-0.39, 0.29) is 5.54 Å². The Bertz CT molecular complexity index is 465. The summed E-state index contributed by atoms with van der Waals surface area (Å²) in [5, 5.41) is 7.79. The fourth-order valence-electron chi connectivity index (χ4n) is 4.01. The molecule has 0 aromatic carbocycles. The van der Waals surface area contributed by atoms with Gasteiger partial charge in [0.15, 0.2) is 0 Å². The second-order valence-electron chi connectivity index (χ2n) is 6.57. The first-order chi connectivity index (χ1) is 10.2. The van der Waals surface area contributed by atoms with Crippen LogP contribution in [0.5, 0.6) is 0 Å². The predicted octanol–water partition coefficient (Wildman–Crippen LogP) is 3.72. The third kappa shape index (κ3) is 3.16. The molecule has 2 heterocycles. The van der Waals surface area contributed by atoms with E-state index in [1.54, 1.807) is 11.3 Å². The summed E-state index contributed by atoms with van der Waals surface area (Å²) < 4.78 is 0. The van der Waals surface area contributed by atoms with Gasteiger partial charge in [-0.3, -0.25) is 4.79 Å². The third-order valence-corrected chi connectivity index (χ3v) is 6.03. The standard InChI is InChI=1S/C17H26N2OS/c1-18-17(8-3-2-4-9-17)12-16(20)19-10-5-6-15(19)14-7-11-21-13-14/h7,11,13,15,18H,2-6,8-10,12H2,1H3. The lowest BCUT2D eigenvalue weighted by atomic mass is 9.79. The lowest BCUT2D eigenvalue weighted by Crippen LogP contribution is -2.48. The largest absolute Gasteiger partial charge is 0.336 e. The summed E-state index contributed by atoms with van der Waals surface area (Å²) in [5.41, 5.74) is 1.38. The molecular weight excluding hydrogens is 280 g/mol. The highest BCUT2D eigenvalue weighted by Gasteiger charge is 2.37. The average Bonchev–Trinajstić information content (AvgIpc) is 3.18. The van der Waals surface area contributed by atoms with Gasteiger partial charge in [0, 0.05) is 18.5 Å². The molecule has 0 radical (unpaired) electrons. The van der Waals surface area contributed by atoms with Crippen LogP contribution in [0, 0.1) is 0 Å². The van der Waals surface area contributed by atoms with Crippen molar-refractivity contribution in [1.82, 2.24) is 10.2 Å². The number of thiophene rings is 1. The lowest BCUT2D eigenvalue weighted by molar-refractivity contribution is -0.134. The minimum atomic E-state index is 0.0527. The average molecular weight is 306 g/mol. The van der Waals surface area contributed by atoms with Crippen molar-refractivity contribution in [2.45, 2.75) is 62.9 Å². The zero-order valence-electron chi connectivity index (χ0n) is 12.9. The number of nitrogens with one attached hydrogen (secondary N) is 1. The Morgan fingerprint density at radius 3 is 2.86 bits per heavy atom. The Morgan fingerprint density at radius 1 is 1.38 bits per heavy atom. The summed E-state index contributed by atoms with van der Waals surface area (Å²) in [7, 11) is 2.03. The van der Waals surface area contributed by atoms with Crippen molar-refractivity contribution in [3.63, 3.8) is 0 Å². The van der Waals surface area contributed by atoms with Crippen molar-refractivity contribution in [2.24, 2.45) is 0 Å². The molecule has 1 atom stereocenters. The van der Waals surface area contributed by atoms with Gasteiger partial charge in [-0.2, -0.15) is 11.3 Å². The molecule has 1 aliphatic carbocycles. The summed E-state index contributed by atoms with van der Waals surface area (Å²) in [4.78, 5) is 15.0. The molecule has 1 aliphatic heterocycles. The number of amides is 1. The van der Waals surface area contributed by atoms with Gasteiger partial charge in [0.05, 0.1) is 6.04 Å². The number of carbonyl (C=O) groups is 1. The SMILES string of the molecule is CNC1(CC(=O)N2CCCC2c2ccsc2)CCCCC1. The number of carbonyl (C=O) groups excluding carboxylic acids is 1. The third-order valence-electron chi connectivity index (χ3n) is 5.33. The van der Waals surface area contributed by atoms with E-state index in [0.717, 1.165) is 32.2 Å². The number of nitrogens with zero attached hydrogens (tertiary/aromatic N) is 1. The molecule has 0 spiro atoms. The van der Waals surface area contributed by atoms with E-state index in [1.165, 1.54) is 24.8 Å². The number of likely N-dealkylation sites (tertiary alicyclic amines) is 1. The molecule has 3 rings (SSSR count). The minimum absolute atomic E-state index is 0.0527. The summed E-state index contributed by atoms with van der Waals surface area (Å²) in [6.07, 6.45) is 9.04.